The molecule has 0 aliphatic carbocycles. The zero-order valence-corrected chi connectivity index (χ0v) is 17.3. The molecule has 1 atom stereocenters. The van der Waals surface area contributed by atoms with Crippen LogP contribution in [0, 0.1) is 5.92 Å². The van der Waals surface area contributed by atoms with Crippen molar-refractivity contribution in [2.24, 2.45) is 10.3 Å². The van der Waals surface area contributed by atoms with E-state index in [2.05, 4.69) is 23.6 Å². The van der Waals surface area contributed by atoms with Gasteiger partial charge < -0.3 is 10.2 Å². The van der Waals surface area contributed by atoms with Crippen molar-refractivity contribution in [1.82, 2.24) is 5.32 Å². The van der Waals surface area contributed by atoms with Crippen LogP contribution in [0.2, 0.25) is 0 Å². The second-order valence-electron chi connectivity index (χ2n) is 7.41. The minimum atomic E-state index is -3.83. The zero-order valence-electron chi connectivity index (χ0n) is 16.5. The Kier molecular flexibility index (Phi) is 5.56. The first-order chi connectivity index (χ1) is 13.2. The predicted molar refractivity (Wildman–Crippen MR) is 111 cm³/mol. The van der Waals surface area contributed by atoms with Crippen molar-refractivity contribution >= 4 is 27.5 Å². The summed E-state index contributed by atoms with van der Waals surface area (Å²) in [5.41, 5.74) is 1.84. The van der Waals surface area contributed by atoms with Crippen LogP contribution in [0.4, 0.5) is 5.69 Å². The predicted octanol–water partition coefficient (Wildman–Crippen LogP) is 3.76. The quantitative estimate of drug-likeness (QED) is 0.830. The molecule has 0 saturated carbocycles. The maximum atomic E-state index is 12.7. The molecule has 3 rings (SSSR count). The summed E-state index contributed by atoms with van der Waals surface area (Å²) >= 11 is 0. The number of hydrogen-bond donors (Lipinski definition) is 1. The molecule has 1 aliphatic rings. The van der Waals surface area contributed by atoms with E-state index in [9.17, 15) is 13.2 Å². The molecule has 1 amide bonds. The summed E-state index contributed by atoms with van der Waals surface area (Å²) in [6, 6.07) is 14.2. The summed E-state index contributed by atoms with van der Waals surface area (Å²) in [5, 5.41) is 2.92. The molecule has 0 saturated heterocycles. The first-order valence-corrected chi connectivity index (χ1v) is 10.7. The van der Waals surface area contributed by atoms with Crippen molar-refractivity contribution in [2.45, 2.75) is 38.6 Å². The lowest BCUT2D eigenvalue weighted by atomic mass is 10.1. The lowest BCUT2D eigenvalue weighted by Crippen LogP contribution is -2.37. The molecule has 0 aromatic heterocycles. The van der Waals surface area contributed by atoms with Crippen molar-refractivity contribution in [3.8, 4) is 0 Å². The van der Waals surface area contributed by atoms with Gasteiger partial charge in [-0.3, -0.25) is 4.79 Å². The highest BCUT2D eigenvalue weighted by molar-refractivity contribution is 7.90. The van der Waals surface area contributed by atoms with E-state index in [4.69, 9.17) is 0 Å². The molecule has 28 heavy (non-hydrogen) atoms. The van der Waals surface area contributed by atoms with Crippen LogP contribution in [0.3, 0.4) is 0 Å². The number of hydrogen-bond acceptors (Lipinski definition) is 4. The first-order valence-electron chi connectivity index (χ1n) is 9.28. The normalized spacial score (nSPS) is 16.3. The average molecular weight is 400 g/mol. The zero-order chi connectivity index (χ0) is 20.5. The van der Waals surface area contributed by atoms with Crippen molar-refractivity contribution in [2.75, 3.05) is 11.4 Å². The van der Waals surface area contributed by atoms with E-state index < -0.39 is 10.0 Å². The number of benzene rings is 2. The Labute approximate surface area is 166 Å². The molecule has 1 heterocycles. The van der Waals surface area contributed by atoms with Gasteiger partial charge in [-0.05, 0) is 43.5 Å². The van der Waals surface area contributed by atoms with E-state index in [0.29, 0.717) is 29.5 Å². The molecular formula is C21H25N3O3S. The van der Waals surface area contributed by atoms with Crippen molar-refractivity contribution in [3.63, 3.8) is 0 Å². The highest BCUT2D eigenvalue weighted by atomic mass is 32.2. The second-order valence-corrected chi connectivity index (χ2v) is 8.98. The van der Waals surface area contributed by atoms with Crippen molar-refractivity contribution in [1.29, 1.82) is 0 Å². The molecule has 148 valence electrons. The second kappa shape index (κ2) is 7.75. The summed E-state index contributed by atoms with van der Waals surface area (Å²) in [7, 11) is -3.83. The van der Waals surface area contributed by atoms with Gasteiger partial charge in [-0.25, -0.2) is 0 Å². The molecule has 0 bridgehead atoms. The van der Waals surface area contributed by atoms with Gasteiger partial charge in [-0.2, -0.15) is 8.42 Å². The van der Waals surface area contributed by atoms with Crippen LogP contribution in [0.25, 0.3) is 0 Å². The maximum Gasteiger partial charge on any atom is 0.286 e. The molecule has 0 radical (unpaired) electrons. The van der Waals surface area contributed by atoms with E-state index in [1.165, 1.54) is 6.07 Å². The first kappa shape index (κ1) is 20.1. The summed E-state index contributed by atoms with van der Waals surface area (Å²) in [6.45, 7) is 8.34. The van der Waals surface area contributed by atoms with Crippen LogP contribution >= 0.6 is 0 Å². The number of sulfonamides is 1. The Morgan fingerprint density at radius 3 is 2.43 bits per heavy atom. The third kappa shape index (κ3) is 4.09. The lowest BCUT2D eigenvalue weighted by Gasteiger charge is -2.31. The lowest BCUT2D eigenvalue weighted by molar-refractivity contribution is 0.0939. The van der Waals surface area contributed by atoms with Crippen LogP contribution in [0.15, 0.2) is 57.8 Å². The Hall–Kier alpha value is -2.67. The van der Waals surface area contributed by atoms with Gasteiger partial charge in [0, 0.05) is 12.1 Å². The van der Waals surface area contributed by atoms with Crippen molar-refractivity contribution in [3.05, 3.63) is 59.7 Å². The smallest absolute Gasteiger partial charge is 0.286 e. The van der Waals surface area contributed by atoms with E-state index in [1.807, 2.05) is 42.2 Å². The minimum absolute atomic E-state index is 0.0683. The number of fused-ring (bicyclic) bond motifs is 1. The third-order valence-corrected chi connectivity index (χ3v) is 6.02. The van der Waals surface area contributed by atoms with Crippen LogP contribution in [0.1, 0.15) is 49.7 Å². The topological polar surface area (TPSA) is 78.8 Å². The number of rotatable bonds is 5. The fraction of sp³-hybridized carbons (Fsp3) is 0.333. The van der Waals surface area contributed by atoms with Crippen LogP contribution < -0.4 is 10.2 Å². The van der Waals surface area contributed by atoms with E-state index in [-0.39, 0.29) is 16.8 Å². The standard InChI is InChI=1S/C21H25N3O3S/c1-14(2)13-24-16(4)23-28(26,27)20-12-18(10-11-19(20)24)21(25)22-15(3)17-8-6-5-7-9-17/h5-12,14-15H,13H2,1-4H3,(H,22,25). The van der Waals surface area contributed by atoms with Gasteiger partial charge in [-0.1, -0.05) is 44.2 Å². The number of nitrogens with zero attached hydrogens (tertiary/aromatic N) is 2. The molecule has 1 unspecified atom stereocenters. The molecular weight excluding hydrogens is 374 g/mol. The number of amidine groups is 1. The summed E-state index contributed by atoms with van der Waals surface area (Å²) in [4.78, 5) is 14.6. The Morgan fingerprint density at radius 2 is 1.79 bits per heavy atom. The van der Waals surface area contributed by atoms with Crippen LogP contribution in [-0.2, 0) is 10.0 Å². The highest BCUT2D eigenvalue weighted by Crippen LogP contribution is 2.33. The Morgan fingerprint density at radius 1 is 1.11 bits per heavy atom. The number of anilines is 1. The SMILES string of the molecule is CC1=NS(=O)(=O)c2cc(C(=O)NC(C)c3ccccc3)ccc2N1CC(C)C. The number of carbonyl (C=O) groups excluding carboxylic acids is 1. The molecule has 1 aliphatic heterocycles. The summed E-state index contributed by atoms with van der Waals surface area (Å²) < 4.78 is 29.1. The number of amides is 1. The van der Waals surface area contributed by atoms with Gasteiger partial charge in [0.1, 0.15) is 10.7 Å². The number of nitrogens with one attached hydrogen (secondary N) is 1. The average Bonchev–Trinajstić information content (AvgIpc) is 2.65. The molecule has 6 nitrogen and oxygen atoms in total. The largest absolute Gasteiger partial charge is 0.346 e. The fourth-order valence-corrected chi connectivity index (χ4v) is 4.50. The van der Waals surface area contributed by atoms with Gasteiger partial charge in [0.05, 0.1) is 11.7 Å². The molecule has 2 aromatic carbocycles. The van der Waals surface area contributed by atoms with Gasteiger partial charge in [0.15, 0.2) is 0 Å². The maximum absolute atomic E-state index is 12.7. The molecule has 0 fully saturated rings. The van der Waals surface area contributed by atoms with Gasteiger partial charge in [-0.15, -0.1) is 4.40 Å². The minimum Gasteiger partial charge on any atom is -0.346 e. The van der Waals surface area contributed by atoms with Crippen molar-refractivity contribution < 1.29 is 13.2 Å². The molecule has 7 heteroatoms. The van der Waals surface area contributed by atoms with Gasteiger partial charge >= 0.3 is 0 Å². The van der Waals surface area contributed by atoms with Crippen LogP contribution in [-0.4, -0.2) is 26.7 Å². The molecule has 2 aromatic rings. The summed E-state index contributed by atoms with van der Waals surface area (Å²) in [5.74, 6) is 0.445. The van der Waals surface area contributed by atoms with Gasteiger partial charge in [0.25, 0.3) is 15.9 Å². The highest BCUT2D eigenvalue weighted by Gasteiger charge is 2.30. The fourth-order valence-electron chi connectivity index (χ4n) is 3.23. The molecule has 0 spiro atoms. The van der Waals surface area contributed by atoms with Crippen LogP contribution in [0.5, 0.6) is 0 Å². The Balaban J connectivity index is 1.91. The Bertz CT molecular complexity index is 1010. The molecule has 1 N–H and O–H groups in total. The number of carbonyl (C=O) groups is 1. The summed E-state index contributed by atoms with van der Waals surface area (Å²) in [6.07, 6.45) is 0. The van der Waals surface area contributed by atoms with E-state index in [0.717, 1.165) is 5.56 Å². The monoisotopic (exact) mass is 399 g/mol. The van der Waals surface area contributed by atoms with E-state index >= 15 is 0 Å². The van der Waals surface area contributed by atoms with E-state index in [1.54, 1.807) is 19.1 Å². The van der Waals surface area contributed by atoms with Gasteiger partial charge in [0.2, 0.25) is 0 Å². The third-order valence-electron chi connectivity index (χ3n) is 4.63.